The average Bonchev–Trinajstić information content (AvgIpc) is 2.62. The van der Waals surface area contributed by atoms with Crippen LogP contribution in [0.1, 0.15) is 46.5 Å². The first-order chi connectivity index (χ1) is 7.86. The minimum Gasteiger partial charge on any atom is -0.393 e. The Morgan fingerprint density at radius 3 is 2.35 bits per heavy atom. The van der Waals surface area contributed by atoms with Crippen LogP contribution in [0.3, 0.4) is 0 Å². The summed E-state index contributed by atoms with van der Waals surface area (Å²) < 4.78 is 0. The van der Waals surface area contributed by atoms with Gasteiger partial charge in [0.1, 0.15) is 0 Å². The number of thiocarbonyl (C=S) groups is 1. The van der Waals surface area contributed by atoms with Crippen LogP contribution in [0.15, 0.2) is 0 Å². The number of carbonyl (C=O) groups excluding carboxylic acids is 1. The van der Waals surface area contributed by atoms with Crippen LogP contribution < -0.4 is 11.1 Å². The van der Waals surface area contributed by atoms with E-state index in [0.717, 1.165) is 6.54 Å². The van der Waals surface area contributed by atoms with Crippen molar-refractivity contribution in [1.29, 1.82) is 0 Å². The van der Waals surface area contributed by atoms with Crippen molar-refractivity contribution in [1.82, 2.24) is 5.32 Å². The molecular formula is C13H24N2OS. The molecule has 1 amide bonds. The molecule has 0 radical (unpaired) electrons. The Kier molecular flexibility index (Phi) is 4.92. The van der Waals surface area contributed by atoms with Gasteiger partial charge in [0, 0.05) is 6.54 Å². The molecule has 0 aromatic rings. The quantitative estimate of drug-likeness (QED) is 0.742. The Bertz CT molecular complexity index is 296. The van der Waals surface area contributed by atoms with Crippen molar-refractivity contribution in [2.45, 2.75) is 46.5 Å². The second-order valence-electron chi connectivity index (χ2n) is 5.86. The van der Waals surface area contributed by atoms with E-state index >= 15 is 0 Å². The molecule has 1 unspecified atom stereocenters. The first-order valence-corrected chi connectivity index (χ1v) is 6.83. The fourth-order valence-corrected chi connectivity index (χ4v) is 2.96. The van der Waals surface area contributed by atoms with Gasteiger partial charge in [-0.15, -0.1) is 0 Å². The van der Waals surface area contributed by atoms with E-state index in [0.29, 0.717) is 4.99 Å². The molecule has 0 aliphatic heterocycles. The van der Waals surface area contributed by atoms with Gasteiger partial charge >= 0.3 is 0 Å². The topological polar surface area (TPSA) is 55.1 Å². The number of nitrogens with two attached hydrogens (primary N) is 1. The molecule has 0 saturated heterocycles. The van der Waals surface area contributed by atoms with Crippen molar-refractivity contribution >= 4 is 23.1 Å². The lowest BCUT2D eigenvalue weighted by atomic mass is 9.88. The van der Waals surface area contributed by atoms with Crippen LogP contribution in [-0.2, 0) is 4.79 Å². The predicted molar refractivity (Wildman–Crippen MR) is 74.7 cm³/mol. The van der Waals surface area contributed by atoms with E-state index in [1.165, 1.54) is 25.7 Å². The van der Waals surface area contributed by atoms with Crippen molar-refractivity contribution in [3.05, 3.63) is 0 Å². The molecule has 0 aromatic carbocycles. The predicted octanol–water partition coefficient (Wildman–Crippen LogP) is 2.24. The van der Waals surface area contributed by atoms with Crippen LogP contribution in [0.5, 0.6) is 0 Å². The molecule has 1 aliphatic carbocycles. The van der Waals surface area contributed by atoms with Crippen molar-refractivity contribution in [3.63, 3.8) is 0 Å². The van der Waals surface area contributed by atoms with E-state index in [9.17, 15) is 4.79 Å². The lowest BCUT2D eigenvalue weighted by Gasteiger charge is -2.26. The molecule has 98 valence electrons. The number of hydrogen-bond donors (Lipinski definition) is 2. The zero-order valence-corrected chi connectivity index (χ0v) is 11.9. The molecule has 0 bridgehead atoms. The molecule has 3 nitrogen and oxygen atoms in total. The molecule has 1 atom stereocenters. The van der Waals surface area contributed by atoms with E-state index in [1.807, 2.05) is 13.8 Å². The van der Waals surface area contributed by atoms with Crippen molar-refractivity contribution in [2.24, 2.45) is 23.0 Å². The minimum atomic E-state index is -0.338. The van der Waals surface area contributed by atoms with Crippen LogP contribution in [-0.4, -0.2) is 17.4 Å². The van der Waals surface area contributed by atoms with Gasteiger partial charge in [0.2, 0.25) is 5.91 Å². The van der Waals surface area contributed by atoms with Gasteiger partial charge in [-0.2, -0.15) is 0 Å². The standard InChI is InChI=1S/C13H24N2OS/c1-9(2)10(11(14)17)12(16)15-8-13(3)6-4-5-7-13/h9-10H,4-8H2,1-3H3,(H2,14,17)(H,15,16). The largest absolute Gasteiger partial charge is 0.393 e. The SMILES string of the molecule is CC(C)C(C(=O)NCC1(C)CCCC1)C(N)=S. The van der Waals surface area contributed by atoms with Gasteiger partial charge in [-0.05, 0) is 24.2 Å². The van der Waals surface area contributed by atoms with Crippen LogP contribution in [0.4, 0.5) is 0 Å². The Balaban J connectivity index is 2.50. The third kappa shape index (κ3) is 3.95. The van der Waals surface area contributed by atoms with Crippen LogP contribution in [0, 0.1) is 17.3 Å². The first-order valence-electron chi connectivity index (χ1n) is 6.43. The van der Waals surface area contributed by atoms with Gasteiger partial charge in [-0.1, -0.05) is 45.8 Å². The normalized spacial score (nSPS) is 20.2. The zero-order chi connectivity index (χ0) is 13.1. The lowest BCUT2D eigenvalue weighted by Crippen LogP contribution is -2.44. The summed E-state index contributed by atoms with van der Waals surface area (Å²) in [6.07, 6.45) is 4.95. The third-order valence-corrected chi connectivity index (χ3v) is 4.01. The molecule has 1 aliphatic rings. The van der Waals surface area contributed by atoms with E-state index in [-0.39, 0.29) is 23.2 Å². The molecule has 3 N–H and O–H groups in total. The molecule has 1 saturated carbocycles. The number of carbonyl (C=O) groups is 1. The summed E-state index contributed by atoms with van der Waals surface area (Å²) in [7, 11) is 0. The smallest absolute Gasteiger partial charge is 0.230 e. The van der Waals surface area contributed by atoms with Crippen molar-refractivity contribution in [3.8, 4) is 0 Å². The molecule has 1 fully saturated rings. The highest BCUT2D eigenvalue weighted by Gasteiger charge is 2.31. The second-order valence-corrected chi connectivity index (χ2v) is 6.33. The van der Waals surface area contributed by atoms with Gasteiger partial charge in [-0.25, -0.2) is 0 Å². The lowest BCUT2D eigenvalue weighted by molar-refractivity contribution is -0.124. The van der Waals surface area contributed by atoms with Crippen molar-refractivity contribution < 1.29 is 4.79 Å². The maximum Gasteiger partial charge on any atom is 0.230 e. The molecule has 1 rings (SSSR count). The number of hydrogen-bond acceptors (Lipinski definition) is 2. The maximum absolute atomic E-state index is 12.0. The van der Waals surface area contributed by atoms with Gasteiger partial charge in [0.05, 0.1) is 10.9 Å². The van der Waals surface area contributed by atoms with Gasteiger partial charge in [0.25, 0.3) is 0 Å². The Morgan fingerprint density at radius 2 is 1.94 bits per heavy atom. The summed E-state index contributed by atoms with van der Waals surface area (Å²) in [5.74, 6) is -0.195. The molecule has 0 aromatic heterocycles. The Morgan fingerprint density at radius 1 is 1.41 bits per heavy atom. The van der Waals surface area contributed by atoms with E-state index in [2.05, 4.69) is 12.2 Å². The molecule has 0 heterocycles. The number of nitrogens with one attached hydrogen (secondary N) is 1. The maximum atomic E-state index is 12.0. The number of amides is 1. The average molecular weight is 256 g/mol. The van der Waals surface area contributed by atoms with Gasteiger partial charge < -0.3 is 11.1 Å². The summed E-state index contributed by atoms with van der Waals surface area (Å²) in [5.41, 5.74) is 5.90. The highest BCUT2D eigenvalue weighted by atomic mass is 32.1. The molecule has 17 heavy (non-hydrogen) atoms. The van der Waals surface area contributed by atoms with E-state index in [4.69, 9.17) is 18.0 Å². The first kappa shape index (κ1) is 14.4. The monoisotopic (exact) mass is 256 g/mol. The van der Waals surface area contributed by atoms with Gasteiger partial charge in [0.15, 0.2) is 0 Å². The van der Waals surface area contributed by atoms with Crippen LogP contribution in [0.25, 0.3) is 0 Å². The summed E-state index contributed by atoms with van der Waals surface area (Å²) in [4.78, 5) is 12.3. The number of rotatable bonds is 5. The molecular weight excluding hydrogens is 232 g/mol. The van der Waals surface area contributed by atoms with Crippen LogP contribution >= 0.6 is 12.2 Å². The molecule has 0 spiro atoms. The van der Waals surface area contributed by atoms with E-state index < -0.39 is 0 Å². The summed E-state index contributed by atoms with van der Waals surface area (Å²) in [5, 5.41) is 3.02. The minimum absolute atomic E-state index is 0.0133. The summed E-state index contributed by atoms with van der Waals surface area (Å²) in [6.45, 7) is 6.93. The fraction of sp³-hybridized carbons (Fsp3) is 0.846. The Labute approximate surface area is 110 Å². The zero-order valence-electron chi connectivity index (χ0n) is 11.1. The Hall–Kier alpha value is -0.640. The molecule has 4 heteroatoms. The fourth-order valence-electron chi connectivity index (χ4n) is 2.58. The van der Waals surface area contributed by atoms with Crippen LogP contribution in [0.2, 0.25) is 0 Å². The van der Waals surface area contributed by atoms with E-state index in [1.54, 1.807) is 0 Å². The third-order valence-electron chi connectivity index (χ3n) is 3.76. The summed E-state index contributed by atoms with van der Waals surface area (Å²) in [6, 6.07) is 0. The second kappa shape index (κ2) is 5.80. The highest BCUT2D eigenvalue weighted by molar-refractivity contribution is 7.80. The van der Waals surface area contributed by atoms with Crippen molar-refractivity contribution in [2.75, 3.05) is 6.54 Å². The van der Waals surface area contributed by atoms with Gasteiger partial charge in [-0.3, -0.25) is 4.79 Å². The highest BCUT2D eigenvalue weighted by Crippen LogP contribution is 2.36. The summed E-state index contributed by atoms with van der Waals surface area (Å²) >= 11 is 4.96.